The van der Waals surface area contributed by atoms with Crippen molar-refractivity contribution in [2.75, 3.05) is 30.4 Å². The summed E-state index contributed by atoms with van der Waals surface area (Å²) in [5.74, 6) is -1.75. The molecule has 2 N–H and O–H groups in total. The first-order valence-electron chi connectivity index (χ1n) is 14.0. The Morgan fingerprint density at radius 3 is 2.28 bits per heavy atom. The van der Waals surface area contributed by atoms with Crippen molar-refractivity contribution in [3.05, 3.63) is 45.4 Å². The van der Waals surface area contributed by atoms with Gasteiger partial charge in [0.1, 0.15) is 0 Å². The Morgan fingerprint density at radius 1 is 1.09 bits per heavy atom. The summed E-state index contributed by atoms with van der Waals surface area (Å²) < 4.78 is 46.4. The summed E-state index contributed by atoms with van der Waals surface area (Å²) >= 11 is 13.2. The summed E-state index contributed by atoms with van der Waals surface area (Å²) in [4.78, 5) is 31.4. The van der Waals surface area contributed by atoms with Crippen LogP contribution in [0.15, 0.2) is 24.3 Å². The fourth-order valence-corrected chi connectivity index (χ4v) is 5.25. The van der Waals surface area contributed by atoms with Gasteiger partial charge in [0.05, 0.1) is 51.0 Å². The van der Waals surface area contributed by atoms with E-state index in [0.717, 1.165) is 0 Å². The van der Waals surface area contributed by atoms with E-state index in [2.05, 4.69) is 15.6 Å². The van der Waals surface area contributed by atoms with Crippen LogP contribution in [0, 0.1) is 11.3 Å². The molecule has 1 fully saturated rings. The summed E-state index contributed by atoms with van der Waals surface area (Å²) in [6.45, 7) is 9.92. The summed E-state index contributed by atoms with van der Waals surface area (Å²) in [5, 5.41) is 6.67. The van der Waals surface area contributed by atoms with Crippen LogP contribution in [0.25, 0.3) is 11.0 Å². The topological polar surface area (TPSA) is 88.5 Å². The van der Waals surface area contributed by atoms with Crippen LogP contribution in [0.2, 0.25) is 10.0 Å². The van der Waals surface area contributed by atoms with Crippen molar-refractivity contribution in [1.82, 2.24) is 14.9 Å². The maximum Gasteiger partial charge on any atom is 0.391 e. The molecule has 0 unspecified atom stereocenters. The van der Waals surface area contributed by atoms with E-state index in [4.69, 9.17) is 27.9 Å². The quantitative estimate of drug-likeness (QED) is 0.266. The molecule has 13 heteroatoms. The number of methoxy groups -OCH3 is 1. The number of carbonyl (C=O) groups excluding carboxylic acids is 2. The van der Waals surface area contributed by atoms with E-state index in [9.17, 15) is 22.8 Å². The molecule has 4 rings (SSSR count). The molecule has 0 aliphatic carbocycles. The minimum Gasteiger partial charge on any atom is -0.465 e. The Kier molecular flexibility index (Phi) is 10.9. The molecule has 1 aromatic heterocycles. The molecule has 0 atom stereocenters. The minimum absolute atomic E-state index is 0.0656. The molecule has 1 saturated heterocycles. The number of aromatic nitrogens is 2. The number of carbonyl (C=O) groups is 2. The highest BCUT2D eigenvalue weighted by molar-refractivity contribution is 6.39. The lowest BCUT2D eigenvalue weighted by molar-refractivity contribution is -0.179. The normalized spacial score (nSPS) is 14.3. The van der Waals surface area contributed by atoms with E-state index in [0.29, 0.717) is 44.0 Å². The van der Waals surface area contributed by atoms with Crippen LogP contribution in [0.4, 0.5) is 30.5 Å². The summed E-state index contributed by atoms with van der Waals surface area (Å²) in [7, 11) is 3.00. The lowest BCUT2D eigenvalue weighted by atomic mass is 9.95. The standard InChI is InChI=1S/C28H32Cl2F3N5O3.C2H6/c1-27(2,3)25(40)34-14-15-6-7-18(29)23(22(15)30)36-26-35-19-12-17(24(39)41-5)20(13-21(19)37(26)4)38-10-8-16(9-11-38)28(31,32)33;1-2/h6-7,12-13,16H,8-11,14H2,1-5H3,(H,34,40)(H,35,36);1-2H3. The highest BCUT2D eigenvalue weighted by Gasteiger charge is 2.41. The number of nitrogens with one attached hydrogen (secondary N) is 2. The first-order chi connectivity index (χ1) is 20.1. The van der Waals surface area contributed by atoms with Gasteiger partial charge in [0, 0.05) is 32.1 Å². The SMILES string of the molecule is CC.COC(=O)c1cc2nc(Nc3c(Cl)ccc(CNC(=O)C(C)(C)C)c3Cl)n(C)c2cc1N1CCC(C(F)(F)F)CC1. The maximum atomic E-state index is 13.2. The molecule has 1 aliphatic heterocycles. The van der Waals surface area contributed by atoms with E-state index in [1.807, 2.05) is 34.6 Å². The number of hydrogen-bond donors (Lipinski definition) is 2. The predicted molar refractivity (Wildman–Crippen MR) is 165 cm³/mol. The van der Waals surface area contributed by atoms with Crippen molar-refractivity contribution in [2.24, 2.45) is 18.4 Å². The Morgan fingerprint density at radius 2 is 1.72 bits per heavy atom. The molecule has 1 amide bonds. The fourth-order valence-electron chi connectivity index (χ4n) is 4.72. The summed E-state index contributed by atoms with van der Waals surface area (Å²) in [5.41, 5.74) is 2.25. The number of rotatable bonds is 6. The average molecular weight is 645 g/mol. The first-order valence-corrected chi connectivity index (χ1v) is 14.8. The number of esters is 1. The number of piperidine rings is 1. The second-order valence-electron chi connectivity index (χ2n) is 11.1. The van der Waals surface area contributed by atoms with Gasteiger partial charge in [0.2, 0.25) is 11.9 Å². The van der Waals surface area contributed by atoms with Gasteiger partial charge in [-0.25, -0.2) is 9.78 Å². The van der Waals surface area contributed by atoms with Gasteiger partial charge in [-0.05, 0) is 36.6 Å². The van der Waals surface area contributed by atoms with Gasteiger partial charge < -0.3 is 24.8 Å². The van der Waals surface area contributed by atoms with Gasteiger partial charge in [-0.3, -0.25) is 4.79 Å². The molecule has 2 heterocycles. The Hall–Kier alpha value is -3.18. The Balaban J connectivity index is 0.00000248. The molecule has 0 saturated carbocycles. The van der Waals surface area contributed by atoms with E-state index >= 15 is 0 Å². The molecular weight excluding hydrogens is 606 g/mol. The summed E-state index contributed by atoms with van der Waals surface area (Å²) in [6, 6.07) is 6.69. The number of halogens is 5. The van der Waals surface area contributed by atoms with Crippen molar-refractivity contribution in [1.29, 1.82) is 0 Å². The van der Waals surface area contributed by atoms with Crippen molar-refractivity contribution in [3.63, 3.8) is 0 Å². The number of imidazole rings is 1. The Labute approximate surface area is 259 Å². The van der Waals surface area contributed by atoms with Crippen molar-refractivity contribution < 1.29 is 27.5 Å². The largest absolute Gasteiger partial charge is 0.465 e. The van der Waals surface area contributed by atoms with Gasteiger partial charge in [-0.15, -0.1) is 0 Å². The van der Waals surface area contributed by atoms with Crippen LogP contribution in [-0.4, -0.2) is 47.8 Å². The lowest BCUT2D eigenvalue weighted by Gasteiger charge is -2.35. The maximum absolute atomic E-state index is 13.2. The number of alkyl halides is 3. The fraction of sp³-hybridized carbons (Fsp3) is 0.500. The smallest absolute Gasteiger partial charge is 0.391 e. The second-order valence-corrected chi connectivity index (χ2v) is 11.9. The molecular formula is C30H38Cl2F3N5O3. The minimum atomic E-state index is -4.25. The molecule has 2 aromatic carbocycles. The van der Waals surface area contributed by atoms with Gasteiger partial charge >= 0.3 is 12.1 Å². The second kappa shape index (κ2) is 13.6. The summed E-state index contributed by atoms with van der Waals surface area (Å²) in [6.07, 6.45) is -4.38. The third-order valence-electron chi connectivity index (χ3n) is 7.23. The van der Waals surface area contributed by atoms with Gasteiger partial charge in [0.25, 0.3) is 0 Å². The molecule has 1 aliphatic rings. The number of amides is 1. The van der Waals surface area contributed by atoms with E-state index in [-0.39, 0.29) is 43.9 Å². The highest BCUT2D eigenvalue weighted by atomic mass is 35.5. The molecule has 8 nitrogen and oxygen atoms in total. The number of benzene rings is 2. The first kappa shape index (κ1) is 34.3. The number of hydrogen-bond acceptors (Lipinski definition) is 6. The molecule has 0 bridgehead atoms. The number of nitrogens with zero attached hydrogens (tertiary/aromatic N) is 3. The molecule has 0 radical (unpaired) electrons. The zero-order chi connectivity index (χ0) is 32.3. The van der Waals surface area contributed by atoms with Crippen molar-refractivity contribution in [3.8, 4) is 0 Å². The van der Waals surface area contributed by atoms with Crippen LogP contribution in [0.3, 0.4) is 0 Å². The van der Waals surface area contributed by atoms with E-state index in [1.54, 1.807) is 40.8 Å². The molecule has 43 heavy (non-hydrogen) atoms. The van der Waals surface area contributed by atoms with Crippen LogP contribution < -0.4 is 15.5 Å². The zero-order valence-electron chi connectivity index (χ0n) is 25.4. The van der Waals surface area contributed by atoms with E-state index < -0.39 is 23.5 Å². The number of ether oxygens (including phenoxy) is 1. The highest BCUT2D eigenvalue weighted by Crippen LogP contribution is 2.39. The molecule has 0 spiro atoms. The third-order valence-corrected chi connectivity index (χ3v) is 7.98. The molecule has 3 aromatic rings. The number of anilines is 3. The van der Waals surface area contributed by atoms with Gasteiger partial charge in [-0.1, -0.05) is 63.9 Å². The van der Waals surface area contributed by atoms with Crippen LogP contribution in [-0.2, 0) is 23.1 Å². The van der Waals surface area contributed by atoms with Gasteiger partial charge in [0.15, 0.2) is 0 Å². The van der Waals surface area contributed by atoms with Gasteiger partial charge in [-0.2, -0.15) is 13.2 Å². The zero-order valence-corrected chi connectivity index (χ0v) is 26.9. The predicted octanol–water partition coefficient (Wildman–Crippen LogP) is 7.88. The van der Waals surface area contributed by atoms with E-state index in [1.165, 1.54) is 7.11 Å². The Bertz CT molecular complexity index is 1480. The number of fused-ring (bicyclic) bond motifs is 1. The number of aryl methyl sites for hydroxylation is 1. The monoisotopic (exact) mass is 643 g/mol. The lowest BCUT2D eigenvalue weighted by Crippen LogP contribution is -2.39. The molecule has 236 valence electrons. The average Bonchev–Trinajstić information content (AvgIpc) is 3.27. The van der Waals surface area contributed by atoms with Crippen molar-refractivity contribution >= 4 is 63.4 Å². The third kappa shape index (κ3) is 7.67. The van der Waals surface area contributed by atoms with Crippen molar-refractivity contribution in [2.45, 2.75) is 60.2 Å². The van der Waals surface area contributed by atoms with Crippen LogP contribution in [0.1, 0.15) is 63.4 Å². The van der Waals surface area contributed by atoms with Crippen LogP contribution in [0.5, 0.6) is 0 Å². The van der Waals surface area contributed by atoms with Crippen LogP contribution >= 0.6 is 23.2 Å².